The summed E-state index contributed by atoms with van der Waals surface area (Å²) in [6, 6.07) is 0. The van der Waals surface area contributed by atoms with Gasteiger partial charge in [0.25, 0.3) is 3.12 Å². The van der Waals surface area contributed by atoms with Crippen LogP contribution in [0.4, 0.5) is 0 Å². The zero-order valence-electron chi connectivity index (χ0n) is 3.31. The van der Waals surface area contributed by atoms with E-state index in [2.05, 4.69) is 0 Å². The third-order valence-electron chi connectivity index (χ3n) is 0.295. The molecule has 0 heterocycles. The van der Waals surface area contributed by atoms with Gasteiger partial charge >= 0.3 is 0 Å². The summed E-state index contributed by atoms with van der Waals surface area (Å²) in [5, 5.41) is 0. The quantitative estimate of drug-likeness (QED) is 0.615. The van der Waals surface area contributed by atoms with Crippen LogP contribution in [-0.2, 0) is 0 Å². The lowest BCUT2D eigenvalue weighted by Gasteiger charge is -2.29. The summed E-state index contributed by atoms with van der Waals surface area (Å²) in [6.45, 7) is 0. The summed E-state index contributed by atoms with van der Waals surface area (Å²) in [7, 11) is 1.24. The molecule has 0 saturated carbocycles. The Kier molecular flexibility index (Phi) is 3.04. The lowest BCUT2D eigenvalue weighted by Crippen LogP contribution is -2.08. The third kappa shape index (κ3) is 2.82. The van der Waals surface area contributed by atoms with Crippen molar-refractivity contribution in [2.45, 2.75) is 3.12 Å². The van der Waals surface area contributed by atoms with Crippen LogP contribution in [0.25, 0.3) is 0 Å². The Hall–Kier alpha value is 1.43. The van der Waals surface area contributed by atoms with E-state index in [1.807, 2.05) is 0 Å². The SMILES string of the molecule is OS(O)(Cl)C(Cl)(Cl)Cl. The van der Waals surface area contributed by atoms with E-state index in [9.17, 15) is 0 Å². The van der Waals surface area contributed by atoms with Crippen LogP contribution >= 0.6 is 55.3 Å². The van der Waals surface area contributed by atoms with E-state index in [0.29, 0.717) is 0 Å². The maximum absolute atomic E-state index is 8.36. The van der Waals surface area contributed by atoms with Crippen molar-refractivity contribution in [3.8, 4) is 0 Å². The standard InChI is InChI=1S/CH2Cl4O2S/c2-1(3,4)8(5,6)7/h6-7H. The van der Waals surface area contributed by atoms with Crippen molar-refractivity contribution in [2.75, 3.05) is 0 Å². The fourth-order valence-corrected chi connectivity index (χ4v) is 0. The normalized spacial score (nSPS) is 16.2. The fourth-order valence-electron chi connectivity index (χ4n) is 0. The molecule has 0 atom stereocenters. The monoisotopic (exact) mass is 218 g/mol. The van der Waals surface area contributed by atoms with Gasteiger partial charge in [0.2, 0.25) is 0 Å². The molecule has 0 unspecified atom stereocenters. The molecule has 0 aliphatic carbocycles. The highest BCUT2D eigenvalue weighted by Gasteiger charge is 2.36. The Morgan fingerprint density at radius 3 is 1.25 bits per heavy atom. The van der Waals surface area contributed by atoms with Gasteiger partial charge in [-0.05, 0) is 0 Å². The molecule has 2 nitrogen and oxygen atoms in total. The van der Waals surface area contributed by atoms with Crippen molar-refractivity contribution in [1.82, 2.24) is 0 Å². The molecule has 0 fully saturated rings. The van der Waals surface area contributed by atoms with Crippen LogP contribution in [0.3, 0.4) is 0 Å². The fraction of sp³-hybridized carbons (Fsp3) is 1.00. The predicted molar refractivity (Wildman–Crippen MR) is 39.0 cm³/mol. The van der Waals surface area contributed by atoms with Crippen molar-refractivity contribution < 1.29 is 9.11 Å². The Bertz CT molecular complexity index is 69.0. The zero-order chi connectivity index (χ0) is 7.00. The Morgan fingerprint density at radius 2 is 1.25 bits per heavy atom. The molecule has 52 valence electrons. The lowest BCUT2D eigenvalue weighted by molar-refractivity contribution is 0.507. The second-order valence-electron chi connectivity index (χ2n) is 0.925. The molecule has 0 saturated heterocycles. The van der Waals surface area contributed by atoms with Crippen LogP contribution in [0.1, 0.15) is 0 Å². The van der Waals surface area contributed by atoms with E-state index in [-0.39, 0.29) is 0 Å². The van der Waals surface area contributed by atoms with Gasteiger partial charge in [0.05, 0.1) is 0 Å². The highest BCUT2D eigenvalue weighted by atomic mass is 35.7. The van der Waals surface area contributed by atoms with Gasteiger partial charge in [-0.2, -0.15) is 0 Å². The summed E-state index contributed by atoms with van der Waals surface area (Å²) in [5.74, 6) is 0. The molecule has 0 rings (SSSR count). The molecule has 0 aliphatic heterocycles. The number of hydrogen-bond donors (Lipinski definition) is 2. The molecule has 0 aromatic carbocycles. The average molecular weight is 220 g/mol. The Balaban J connectivity index is 4.02. The minimum Gasteiger partial charge on any atom is -0.282 e. The van der Waals surface area contributed by atoms with E-state index >= 15 is 0 Å². The molecule has 7 heteroatoms. The van der Waals surface area contributed by atoms with Crippen molar-refractivity contribution >= 4 is 55.3 Å². The second kappa shape index (κ2) is 2.58. The van der Waals surface area contributed by atoms with Gasteiger partial charge in [0, 0.05) is 10.7 Å². The van der Waals surface area contributed by atoms with Crippen LogP contribution in [0.15, 0.2) is 0 Å². The molecule has 0 spiro atoms. The first-order chi connectivity index (χ1) is 3.25. The molecule has 0 bridgehead atoms. The molecule has 0 aromatic rings. The number of halogens is 4. The molecular formula is CH2Cl4O2S. The minimum atomic E-state index is -3.57. The third-order valence-corrected chi connectivity index (χ3v) is 4.23. The van der Waals surface area contributed by atoms with Crippen LogP contribution in [0.5, 0.6) is 0 Å². The molecule has 8 heavy (non-hydrogen) atoms. The highest BCUT2D eigenvalue weighted by molar-refractivity contribution is 8.46. The first-order valence-electron chi connectivity index (χ1n) is 1.29. The van der Waals surface area contributed by atoms with Crippen molar-refractivity contribution in [2.24, 2.45) is 0 Å². The smallest absolute Gasteiger partial charge is 0.282 e. The average Bonchev–Trinajstić information content (AvgIpc) is 1.25. The first-order valence-corrected chi connectivity index (χ1v) is 4.80. The van der Waals surface area contributed by atoms with Gasteiger partial charge < -0.3 is 0 Å². The molecule has 0 amide bonds. The molecule has 2 N–H and O–H groups in total. The van der Waals surface area contributed by atoms with Crippen molar-refractivity contribution in [1.29, 1.82) is 0 Å². The van der Waals surface area contributed by atoms with Gasteiger partial charge in [-0.15, -0.1) is 0 Å². The van der Waals surface area contributed by atoms with Crippen molar-refractivity contribution in [3.63, 3.8) is 0 Å². The van der Waals surface area contributed by atoms with Gasteiger partial charge in [-0.1, -0.05) is 44.6 Å². The molecular weight excluding hydrogens is 218 g/mol. The Labute approximate surface area is 67.5 Å². The summed E-state index contributed by atoms with van der Waals surface area (Å²) in [6.07, 6.45) is 0. The van der Waals surface area contributed by atoms with Crippen LogP contribution in [-0.4, -0.2) is 12.2 Å². The molecule has 0 aromatic heterocycles. The summed E-state index contributed by atoms with van der Waals surface area (Å²) in [5.41, 5.74) is 0. The molecule has 0 aliphatic rings. The number of hydrogen-bond acceptors (Lipinski definition) is 2. The van der Waals surface area contributed by atoms with Gasteiger partial charge in [-0.25, -0.2) is 0 Å². The van der Waals surface area contributed by atoms with Crippen LogP contribution in [0.2, 0.25) is 0 Å². The topological polar surface area (TPSA) is 40.5 Å². The van der Waals surface area contributed by atoms with Crippen LogP contribution in [0, 0.1) is 0 Å². The second-order valence-corrected chi connectivity index (χ2v) is 6.74. The maximum atomic E-state index is 8.36. The summed E-state index contributed by atoms with van der Waals surface area (Å²) < 4.78 is 14.5. The maximum Gasteiger partial charge on any atom is 0.296 e. The van der Waals surface area contributed by atoms with Crippen LogP contribution < -0.4 is 0 Å². The van der Waals surface area contributed by atoms with E-state index < -0.39 is 12.9 Å². The lowest BCUT2D eigenvalue weighted by atomic mass is 11.8. The highest BCUT2D eigenvalue weighted by Crippen LogP contribution is 2.63. The van der Waals surface area contributed by atoms with Crippen molar-refractivity contribution in [3.05, 3.63) is 0 Å². The predicted octanol–water partition coefficient (Wildman–Crippen LogP) is 3.22. The van der Waals surface area contributed by atoms with Gasteiger partial charge in [0.15, 0.2) is 0 Å². The van der Waals surface area contributed by atoms with E-state index in [1.165, 1.54) is 0 Å². The van der Waals surface area contributed by atoms with Gasteiger partial charge in [-0.3, -0.25) is 9.11 Å². The largest absolute Gasteiger partial charge is 0.296 e. The number of rotatable bonds is 0. The van der Waals surface area contributed by atoms with E-state index in [1.54, 1.807) is 0 Å². The molecule has 0 radical (unpaired) electrons. The first kappa shape index (κ1) is 9.43. The Morgan fingerprint density at radius 1 is 1.12 bits per heavy atom. The number of alkyl halides is 3. The zero-order valence-corrected chi connectivity index (χ0v) is 7.15. The van der Waals surface area contributed by atoms with Gasteiger partial charge in [0.1, 0.15) is 0 Å². The summed E-state index contributed by atoms with van der Waals surface area (Å²) in [4.78, 5) is 0. The van der Waals surface area contributed by atoms with E-state index in [0.717, 1.165) is 0 Å². The minimum absolute atomic E-state index is 2.19. The summed E-state index contributed by atoms with van der Waals surface area (Å²) >= 11 is 14.8. The van der Waals surface area contributed by atoms with E-state index in [4.69, 9.17) is 54.6 Å².